The molecule has 0 radical (unpaired) electrons. The third kappa shape index (κ3) is 7.83. The van der Waals surface area contributed by atoms with Crippen LogP contribution in [-0.2, 0) is 11.8 Å². The number of pyridine rings is 1. The lowest BCUT2D eigenvalue weighted by Crippen LogP contribution is -2.31. The van der Waals surface area contributed by atoms with E-state index in [9.17, 15) is 4.79 Å². The van der Waals surface area contributed by atoms with Gasteiger partial charge >= 0.3 is 6.03 Å². The number of hydrogen-bond donors (Lipinski definition) is 2. The van der Waals surface area contributed by atoms with Crippen LogP contribution in [0.15, 0.2) is 18.3 Å². The smallest absolute Gasteiger partial charge is 0.320 e. The zero-order valence-electron chi connectivity index (χ0n) is 18.8. The minimum atomic E-state index is -0.332. The Labute approximate surface area is 183 Å². The lowest BCUT2D eigenvalue weighted by atomic mass is 10.2. The van der Waals surface area contributed by atoms with Crippen LogP contribution in [-0.4, -0.2) is 54.8 Å². The van der Waals surface area contributed by atoms with E-state index in [0.29, 0.717) is 47.8 Å². The van der Waals surface area contributed by atoms with Gasteiger partial charge in [-0.3, -0.25) is 10.00 Å². The van der Waals surface area contributed by atoms with Crippen molar-refractivity contribution in [3.05, 3.63) is 29.6 Å². The highest BCUT2D eigenvalue weighted by atomic mass is 16.5. The van der Waals surface area contributed by atoms with Crippen LogP contribution in [0.25, 0.3) is 0 Å². The summed E-state index contributed by atoms with van der Waals surface area (Å²) in [4.78, 5) is 16.1. The van der Waals surface area contributed by atoms with Crippen LogP contribution < -0.4 is 20.1 Å². The quantitative estimate of drug-likeness (QED) is 0.495. The van der Waals surface area contributed by atoms with Crippen molar-refractivity contribution < 1.29 is 19.0 Å². The van der Waals surface area contributed by atoms with E-state index in [2.05, 4.69) is 32.6 Å². The van der Waals surface area contributed by atoms with Crippen molar-refractivity contribution in [2.75, 3.05) is 39.3 Å². The molecule has 1 aliphatic carbocycles. The topological polar surface area (TPSA) is 99.5 Å². The predicted octanol–water partition coefficient (Wildman–Crippen LogP) is 2.81. The molecule has 0 saturated heterocycles. The van der Waals surface area contributed by atoms with E-state index in [1.807, 2.05) is 13.8 Å². The van der Waals surface area contributed by atoms with Gasteiger partial charge in [0.2, 0.25) is 0 Å². The highest BCUT2D eigenvalue weighted by Crippen LogP contribution is 2.28. The maximum absolute atomic E-state index is 12.0. The first-order chi connectivity index (χ1) is 15.1. The van der Waals surface area contributed by atoms with Crippen molar-refractivity contribution in [3.63, 3.8) is 0 Å². The van der Waals surface area contributed by atoms with Gasteiger partial charge in [-0.2, -0.15) is 5.10 Å². The van der Waals surface area contributed by atoms with Crippen LogP contribution in [0.2, 0.25) is 0 Å². The van der Waals surface area contributed by atoms with Crippen LogP contribution in [0.3, 0.4) is 0 Å². The molecule has 9 nitrogen and oxygen atoms in total. The lowest BCUT2D eigenvalue weighted by Gasteiger charge is -2.06. The summed E-state index contributed by atoms with van der Waals surface area (Å²) in [6.07, 6.45) is 4.10. The van der Waals surface area contributed by atoms with Gasteiger partial charge in [0.15, 0.2) is 11.6 Å². The minimum Gasteiger partial charge on any atom is -0.491 e. The first kappa shape index (κ1) is 24.0. The molecule has 1 aliphatic rings. The SMILES string of the molecule is CC.COc1cc(C#Cc2cc(NC(=O)NCCOCC3CC3)nn2C)cnc1OC. The average Bonchev–Trinajstić information content (AvgIpc) is 3.55. The zero-order chi connectivity index (χ0) is 22.6. The van der Waals surface area contributed by atoms with E-state index >= 15 is 0 Å². The molecular formula is C22H31N5O4. The van der Waals surface area contributed by atoms with Crippen molar-refractivity contribution in [2.45, 2.75) is 26.7 Å². The second kappa shape index (κ2) is 12.4. The predicted molar refractivity (Wildman–Crippen MR) is 118 cm³/mol. The zero-order valence-corrected chi connectivity index (χ0v) is 18.8. The van der Waals surface area contributed by atoms with Crippen LogP contribution in [0.5, 0.6) is 11.6 Å². The highest BCUT2D eigenvalue weighted by Gasteiger charge is 2.20. The minimum absolute atomic E-state index is 0.332. The molecule has 0 unspecified atom stereocenters. The molecule has 31 heavy (non-hydrogen) atoms. The fraction of sp³-hybridized carbons (Fsp3) is 0.500. The molecule has 0 atom stereocenters. The molecule has 9 heteroatoms. The van der Waals surface area contributed by atoms with Gasteiger partial charge in [0.25, 0.3) is 5.88 Å². The summed E-state index contributed by atoms with van der Waals surface area (Å²) in [6, 6.07) is 3.11. The fourth-order valence-electron chi connectivity index (χ4n) is 2.51. The molecule has 3 rings (SSSR count). The number of nitrogens with zero attached hydrogens (tertiary/aromatic N) is 3. The fourth-order valence-corrected chi connectivity index (χ4v) is 2.51. The summed E-state index contributed by atoms with van der Waals surface area (Å²) in [6.45, 7) is 5.73. The number of methoxy groups -OCH3 is 2. The molecule has 2 amide bonds. The van der Waals surface area contributed by atoms with Crippen molar-refractivity contribution in [1.82, 2.24) is 20.1 Å². The lowest BCUT2D eigenvalue weighted by molar-refractivity contribution is 0.127. The second-order valence-corrected chi connectivity index (χ2v) is 6.62. The number of aryl methyl sites for hydroxylation is 1. The average molecular weight is 430 g/mol. The molecule has 2 aromatic rings. The van der Waals surface area contributed by atoms with Crippen molar-refractivity contribution in [2.24, 2.45) is 13.0 Å². The number of aromatic nitrogens is 3. The maximum Gasteiger partial charge on any atom is 0.320 e. The number of rotatable bonds is 8. The van der Waals surface area contributed by atoms with Crippen molar-refractivity contribution in [1.29, 1.82) is 0 Å². The molecule has 1 saturated carbocycles. The van der Waals surface area contributed by atoms with Gasteiger partial charge in [0.05, 0.1) is 20.8 Å². The first-order valence-corrected chi connectivity index (χ1v) is 10.4. The molecule has 168 valence electrons. The normalized spacial score (nSPS) is 12.0. The van der Waals surface area contributed by atoms with Gasteiger partial charge in [-0.1, -0.05) is 19.8 Å². The molecule has 2 aromatic heterocycles. The Morgan fingerprint density at radius 1 is 1.23 bits per heavy atom. The van der Waals surface area contributed by atoms with Crippen LogP contribution in [0.1, 0.15) is 37.9 Å². The Morgan fingerprint density at radius 3 is 2.68 bits per heavy atom. The Morgan fingerprint density at radius 2 is 2.00 bits per heavy atom. The van der Waals surface area contributed by atoms with E-state index in [-0.39, 0.29) is 6.03 Å². The van der Waals surface area contributed by atoms with Gasteiger partial charge in [-0.25, -0.2) is 9.78 Å². The standard InChI is InChI=1S/C20H25N5O4.C2H6/c1-25-16(7-6-15-10-17(27-2)19(28-3)22-12-15)11-18(24-25)23-20(26)21-8-9-29-13-14-4-5-14;1-2/h10-12,14H,4-5,8-9,13H2,1-3H3,(H2,21,23,24,26);1-2H3. The third-order valence-corrected chi connectivity index (χ3v) is 4.27. The van der Waals surface area contributed by atoms with Gasteiger partial charge in [0, 0.05) is 44.1 Å². The van der Waals surface area contributed by atoms with Crippen LogP contribution in [0.4, 0.5) is 10.6 Å². The largest absolute Gasteiger partial charge is 0.491 e. The molecule has 1 fully saturated rings. The summed E-state index contributed by atoms with van der Waals surface area (Å²) >= 11 is 0. The summed E-state index contributed by atoms with van der Waals surface area (Å²) in [5.41, 5.74) is 1.31. The molecule has 0 aliphatic heterocycles. The van der Waals surface area contributed by atoms with E-state index in [1.165, 1.54) is 20.0 Å². The number of carbonyl (C=O) groups excluding carboxylic acids is 1. The number of amides is 2. The summed E-state index contributed by atoms with van der Waals surface area (Å²) in [7, 11) is 4.82. The summed E-state index contributed by atoms with van der Waals surface area (Å²) in [5, 5.41) is 9.68. The van der Waals surface area contributed by atoms with E-state index in [4.69, 9.17) is 14.2 Å². The van der Waals surface area contributed by atoms with Gasteiger partial charge in [0.1, 0.15) is 5.69 Å². The molecule has 0 aromatic carbocycles. The number of ether oxygens (including phenoxy) is 3. The number of nitrogens with one attached hydrogen (secondary N) is 2. The molecule has 2 heterocycles. The summed E-state index contributed by atoms with van der Waals surface area (Å²) < 4.78 is 17.4. The molecular weight excluding hydrogens is 398 g/mol. The van der Waals surface area contributed by atoms with E-state index in [0.717, 1.165) is 6.61 Å². The molecule has 2 N–H and O–H groups in total. The second-order valence-electron chi connectivity index (χ2n) is 6.62. The molecule has 0 bridgehead atoms. The number of anilines is 1. The van der Waals surface area contributed by atoms with Gasteiger partial charge < -0.3 is 19.5 Å². The Balaban J connectivity index is 0.00000166. The van der Waals surface area contributed by atoms with Gasteiger partial charge in [-0.05, 0) is 24.7 Å². The Hall–Kier alpha value is -3.25. The van der Waals surface area contributed by atoms with Crippen molar-refractivity contribution >= 4 is 11.8 Å². The Kier molecular flexibility index (Phi) is 9.65. The monoisotopic (exact) mass is 429 g/mol. The first-order valence-electron chi connectivity index (χ1n) is 10.4. The van der Waals surface area contributed by atoms with Crippen LogP contribution in [0, 0.1) is 17.8 Å². The van der Waals surface area contributed by atoms with Crippen LogP contribution >= 0.6 is 0 Å². The number of urea groups is 1. The Bertz CT molecular complexity index is 912. The summed E-state index contributed by atoms with van der Waals surface area (Å²) in [5.74, 6) is 8.04. The van der Waals surface area contributed by atoms with E-state index in [1.54, 1.807) is 37.2 Å². The number of hydrogen-bond acceptors (Lipinski definition) is 6. The van der Waals surface area contributed by atoms with Gasteiger partial charge in [-0.15, -0.1) is 0 Å². The van der Waals surface area contributed by atoms with E-state index < -0.39 is 0 Å². The molecule has 0 spiro atoms. The highest BCUT2D eigenvalue weighted by molar-refractivity contribution is 5.88. The third-order valence-electron chi connectivity index (χ3n) is 4.27. The van der Waals surface area contributed by atoms with Crippen molar-refractivity contribution in [3.8, 4) is 23.5 Å². The number of carbonyl (C=O) groups is 1. The maximum atomic E-state index is 12.0.